The smallest absolute Gasteiger partial charge is 0.254 e. The molecule has 29 heavy (non-hydrogen) atoms. The molecule has 2 aliphatic rings. The predicted molar refractivity (Wildman–Crippen MR) is 114 cm³/mol. The predicted octanol–water partition coefficient (Wildman–Crippen LogP) is 2.96. The second-order valence-corrected chi connectivity index (χ2v) is 7.54. The molecule has 1 amide bonds. The van der Waals surface area contributed by atoms with Crippen molar-refractivity contribution < 1.29 is 15.0 Å². The SMILES string of the molecule is CCc1cc(N2CNc3cc(C(=O)N4CCN(CC)CC4)ccc32)c(O)cc1O. The fraction of sp³-hybridized carbons (Fsp3) is 0.409. The third kappa shape index (κ3) is 3.58. The summed E-state index contributed by atoms with van der Waals surface area (Å²) in [5.74, 6) is 0.193. The fourth-order valence-corrected chi connectivity index (χ4v) is 4.07. The Kier molecular flexibility index (Phi) is 5.24. The molecule has 7 nitrogen and oxygen atoms in total. The molecule has 0 unspecified atom stereocenters. The molecule has 0 aromatic heterocycles. The van der Waals surface area contributed by atoms with Gasteiger partial charge < -0.3 is 30.2 Å². The van der Waals surface area contributed by atoms with Crippen LogP contribution < -0.4 is 10.2 Å². The number of nitrogens with zero attached hydrogens (tertiary/aromatic N) is 3. The molecule has 2 heterocycles. The Hall–Kier alpha value is -2.93. The minimum absolute atomic E-state index is 0.0308. The van der Waals surface area contributed by atoms with Crippen LogP contribution >= 0.6 is 0 Å². The molecule has 2 aromatic rings. The molecule has 0 aliphatic carbocycles. The molecule has 3 N–H and O–H groups in total. The standard InChI is InChI=1S/C22H28N4O3/c1-3-15-12-19(21(28)13-20(15)27)26-14-23-17-11-16(5-6-18(17)26)22(29)25-9-7-24(4-2)8-10-25/h5-6,11-13,23,27-28H,3-4,7-10,14H2,1-2H3. The first-order valence-electron chi connectivity index (χ1n) is 10.2. The largest absolute Gasteiger partial charge is 0.508 e. The highest BCUT2D eigenvalue weighted by Crippen LogP contribution is 2.43. The Balaban J connectivity index is 1.56. The number of benzene rings is 2. The van der Waals surface area contributed by atoms with E-state index in [-0.39, 0.29) is 17.4 Å². The molecule has 4 rings (SSSR count). The number of phenols is 2. The summed E-state index contributed by atoms with van der Waals surface area (Å²) in [6, 6.07) is 8.87. The number of anilines is 3. The van der Waals surface area contributed by atoms with E-state index in [9.17, 15) is 15.0 Å². The lowest BCUT2D eigenvalue weighted by Gasteiger charge is -2.34. The van der Waals surface area contributed by atoms with E-state index < -0.39 is 0 Å². The number of phenolic OH excluding ortho intramolecular Hbond substituents is 2. The monoisotopic (exact) mass is 396 g/mol. The van der Waals surface area contributed by atoms with Crippen LogP contribution in [-0.2, 0) is 6.42 Å². The number of aryl methyl sites for hydroxylation is 1. The number of amides is 1. The highest BCUT2D eigenvalue weighted by Gasteiger charge is 2.26. The Bertz CT molecular complexity index is 923. The van der Waals surface area contributed by atoms with Gasteiger partial charge in [0, 0.05) is 37.8 Å². The molecule has 0 bridgehead atoms. The van der Waals surface area contributed by atoms with Crippen molar-refractivity contribution in [2.24, 2.45) is 0 Å². The number of piperazine rings is 1. The van der Waals surface area contributed by atoms with E-state index in [4.69, 9.17) is 0 Å². The molecular weight excluding hydrogens is 368 g/mol. The van der Waals surface area contributed by atoms with E-state index in [0.29, 0.717) is 24.3 Å². The van der Waals surface area contributed by atoms with Crippen molar-refractivity contribution in [3.8, 4) is 11.5 Å². The van der Waals surface area contributed by atoms with E-state index >= 15 is 0 Å². The zero-order valence-corrected chi connectivity index (χ0v) is 17.0. The molecule has 7 heteroatoms. The number of carbonyl (C=O) groups is 1. The van der Waals surface area contributed by atoms with Crippen molar-refractivity contribution in [1.29, 1.82) is 0 Å². The van der Waals surface area contributed by atoms with E-state index in [1.165, 1.54) is 6.07 Å². The third-order valence-corrected chi connectivity index (χ3v) is 5.92. The van der Waals surface area contributed by atoms with Crippen LogP contribution in [0.1, 0.15) is 29.8 Å². The van der Waals surface area contributed by atoms with Crippen LogP contribution in [-0.4, -0.2) is 65.3 Å². The van der Waals surface area contributed by atoms with E-state index in [2.05, 4.69) is 17.1 Å². The van der Waals surface area contributed by atoms with E-state index in [0.717, 1.165) is 49.7 Å². The van der Waals surface area contributed by atoms with Gasteiger partial charge in [0.1, 0.15) is 11.5 Å². The van der Waals surface area contributed by atoms with Crippen LogP contribution in [0.3, 0.4) is 0 Å². The Morgan fingerprint density at radius 3 is 2.45 bits per heavy atom. The fourth-order valence-electron chi connectivity index (χ4n) is 4.07. The van der Waals surface area contributed by atoms with Crippen molar-refractivity contribution in [3.05, 3.63) is 41.5 Å². The van der Waals surface area contributed by atoms with Crippen molar-refractivity contribution in [2.45, 2.75) is 20.3 Å². The summed E-state index contributed by atoms with van der Waals surface area (Å²) in [6.07, 6.45) is 0.673. The minimum Gasteiger partial charge on any atom is -0.508 e. The van der Waals surface area contributed by atoms with Gasteiger partial charge in [0.2, 0.25) is 0 Å². The number of likely N-dealkylation sites (N-methyl/N-ethyl adjacent to an activating group) is 1. The lowest BCUT2D eigenvalue weighted by atomic mass is 10.1. The Morgan fingerprint density at radius 1 is 1.00 bits per heavy atom. The Labute approximate surface area is 171 Å². The van der Waals surface area contributed by atoms with Gasteiger partial charge in [-0.3, -0.25) is 4.79 Å². The van der Waals surface area contributed by atoms with Crippen LogP contribution in [0.2, 0.25) is 0 Å². The molecule has 1 saturated heterocycles. The molecular formula is C22H28N4O3. The summed E-state index contributed by atoms with van der Waals surface area (Å²) in [4.78, 5) is 19.1. The highest BCUT2D eigenvalue weighted by molar-refractivity contribution is 5.97. The van der Waals surface area contributed by atoms with Gasteiger partial charge in [-0.25, -0.2) is 0 Å². The number of hydrogen-bond acceptors (Lipinski definition) is 6. The number of fused-ring (bicyclic) bond motifs is 1. The van der Waals surface area contributed by atoms with Crippen LogP contribution in [0.4, 0.5) is 17.1 Å². The van der Waals surface area contributed by atoms with Crippen LogP contribution in [0.25, 0.3) is 0 Å². The second-order valence-electron chi connectivity index (χ2n) is 7.54. The summed E-state index contributed by atoms with van der Waals surface area (Å²) in [7, 11) is 0. The maximum Gasteiger partial charge on any atom is 0.254 e. The number of rotatable bonds is 4. The topological polar surface area (TPSA) is 79.3 Å². The van der Waals surface area contributed by atoms with Gasteiger partial charge in [-0.05, 0) is 42.8 Å². The first-order chi connectivity index (χ1) is 14.0. The lowest BCUT2D eigenvalue weighted by molar-refractivity contribution is 0.0643. The van der Waals surface area contributed by atoms with Crippen LogP contribution in [0.5, 0.6) is 11.5 Å². The third-order valence-electron chi connectivity index (χ3n) is 5.92. The van der Waals surface area contributed by atoms with Gasteiger partial charge in [0.25, 0.3) is 5.91 Å². The second kappa shape index (κ2) is 7.83. The molecule has 0 spiro atoms. The molecule has 2 aliphatic heterocycles. The minimum atomic E-state index is 0.0308. The summed E-state index contributed by atoms with van der Waals surface area (Å²) < 4.78 is 0. The number of hydrogen-bond donors (Lipinski definition) is 3. The van der Waals surface area contributed by atoms with Gasteiger partial charge in [-0.2, -0.15) is 0 Å². The summed E-state index contributed by atoms with van der Waals surface area (Å²) in [5.41, 5.74) is 3.87. The number of nitrogens with one attached hydrogen (secondary N) is 1. The van der Waals surface area contributed by atoms with E-state index in [1.807, 2.05) is 41.0 Å². The average molecular weight is 396 g/mol. The molecule has 154 valence electrons. The summed E-state index contributed by atoms with van der Waals surface area (Å²) >= 11 is 0. The number of carbonyl (C=O) groups excluding carboxylic acids is 1. The number of aromatic hydroxyl groups is 2. The maximum atomic E-state index is 12.9. The van der Waals surface area contributed by atoms with Gasteiger partial charge >= 0.3 is 0 Å². The van der Waals surface area contributed by atoms with Gasteiger partial charge in [0.15, 0.2) is 0 Å². The van der Waals surface area contributed by atoms with Crippen molar-refractivity contribution in [1.82, 2.24) is 9.80 Å². The van der Waals surface area contributed by atoms with Crippen molar-refractivity contribution >= 4 is 23.0 Å². The highest BCUT2D eigenvalue weighted by atomic mass is 16.3. The first-order valence-corrected chi connectivity index (χ1v) is 10.2. The Morgan fingerprint density at radius 2 is 1.76 bits per heavy atom. The molecule has 1 fully saturated rings. The molecule has 0 atom stereocenters. The van der Waals surface area contributed by atoms with Gasteiger partial charge in [-0.15, -0.1) is 0 Å². The summed E-state index contributed by atoms with van der Waals surface area (Å²) in [6.45, 7) is 8.95. The molecule has 2 aromatic carbocycles. The normalized spacial score (nSPS) is 16.6. The van der Waals surface area contributed by atoms with Crippen LogP contribution in [0.15, 0.2) is 30.3 Å². The van der Waals surface area contributed by atoms with Gasteiger partial charge in [-0.1, -0.05) is 13.8 Å². The van der Waals surface area contributed by atoms with Crippen molar-refractivity contribution in [3.63, 3.8) is 0 Å². The zero-order valence-electron chi connectivity index (χ0n) is 17.0. The van der Waals surface area contributed by atoms with Gasteiger partial charge in [0.05, 0.1) is 23.7 Å². The van der Waals surface area contributed by atoms with Crippen LogP contribution in [0, 0.1) is 0 Å². The maximum absolute atomic E-state index is 12.9. The average Bonchev–Trinajstić information content (AvgIpc) is 3.16. The zero-order chi connectivity index (χ0) is 20.5. The molecule has 0 saturated carbocycles. The van der Waals surface area contributed by atoms with Crippen molar-refractivity contribution in [2.75, 3.05) is 49.6 Å². The van der Waals surface area contributed by atoms with E-state index in [1.54, 1.807) is 0 Å². The summed E-state index contributed by atoms with van der Waals surface area (Å²) in [5, 5.41) is 23.6. The molecule has 0 radical (unpaired) electrons. The lowest BCUT2D eigenvalue weighted by Crippen LogP contribution is -2.48. The quantitative estimate of drug-likeness (QED) is 0.737. The first kappa shape index (κ1) is 19.4.